The minimum atomic E-state index is -0.135. The lowest BCUT2D eigenvalue weighted by molar-refractivity contribution is -0.156. The third kappa shape index (κ3) is 2.45. The number of carbonyl (C=O) groups is 2. The normalized spacial score (nSPS) is 34.5. The number of carbonyl (C=O) groups excluding carboxylic acids is 2. The molecule has 0 aromatic heterocycles. The summed E-state index contributed by atoms with van der Waals surface area (Å²) in [7, 11) is 0. The van der Waals surface area contributed by atoms with Crippen LogP contribution in [-0.2, 0) is 9.59 Å². The van der Waals surface area contributed by atoms with Crippen molar-refractivity contribution in [1.29, 1.82) is 0 Å². The molecule has 4 heteroatoms. The predicted octanol–water partition coefficient (Wildman–Crippen LogP) is 2.18. The molecule has 1 aliphatic carbocycles. The van der Waals surface area contributed by atoms with Crippen molar-refractivity contribution in [2.45, 2.75) is 70.4 Å². The first-order valence-corrected chi connectivity index (χ1v) is 8.30. The molecule has 0 radical (unpaired) electrons. The van der Waals surface area contributed by atoms with E-state index in [1.54, 1.807) is 0 Å². The van der Waals surface area contributed by atoms with Gasteiger partial charge in [0.1, 0.15) is 12.6 Å². The Labute approximate surface area is 121 Å². The first-order chi connectivity index (χ1) is 9.70. The van der Waals surface area contributed by atoms with Crippen LogP contribution in [0, 0.1) is 5.92 Å². The molecule has 2 amide bonds. The molecule has 2 saturated heterocycles. The summed E-state index contributed by atoms with van der Waals surface area (Å²) in [6.45, 7) is 3.36. The predicted molar refractivity (Wildman–Crippen MR) is 77.1 cm³/mol. The van der Waals surface area contributed by atoms with Crippen molar-refractivity contribution in [2.75, 3.05) is 13.1 Å². The van der Waals surface area contributed by atoms with Crippen LogP contribution < -0.4 is 0 Å². The monoisotopic (exact) mass is 278 g/mol. The molecule has 112 valence electrons. The summed E-state index contributed by atoms with van der Waals surface area (Å²) >= 11 is 0. The van der Waals surface area contributed by atoms with Crippen molar-refractivity contribution >= 4 is 11.8 Å². The fraction of sp³-hybridized carbons (Fsp3) is 0.875. The van der Waals surface area contributed by atoms with Gasteiger partial charge in [-0.15, -0.1) is 0 Å². The average molecular weight is 278 g/mol. The van der Waals surface area contributed by atoms with Gasteiger partial charge in [0.05, 0.1) is 0 Å². The number of hydrogen-bond donors (Lipinski definition) is 0. The Morgan fingerprint density at radius 3 is 2.50 bits per heavy atom. The summed E-state index contributed by atoms with van der Waals surface area (Å²) in [6, 6.07) is 0.187. The van der Waals surface area contributed by atoms with Gasteiger partial charge in [0, 0.05) is 12.6 Å². The minimum Gasteiger partial charge on any atom is -0.329 e. The Bertz CT molecular complexity index is 388. The van der Waals surface area contributed by atoms with E-state index >= 15 is 0 Å². The van der Waals surface area contributed by atoms with E-state index in [4.69, 9.17) is 0 Å². The number of amides is 2. The van der Waals surface area contributed by atoms with Crippen molar-refractivity contribution in [2.24, 2.45) is 5.92 Å². The molecule has 3 fully saturated rings. The lowest BCUT2D eigenvalue weighted by Crippen LogP contribution is -2.60. The highest BCUT2D eigenvalue weighted by Gasteiger charge is 2.44. The van der Waals surface area contributed by atoms with Gasteiger partial charge in [0.2, 0.25) is 11.8 Å². The molecular formula is C16H26N2O2. The second-order valence-corrected chi connectivity index (χ2v) is 6.67. The minimum absolute atomic E-state index is 0.135. The van der Waals surface area contributed by atoms with Crippen molar-refractivity contribution in [3.63, 3.8) is 0 Å². The average Bonchev–Trinajstić information content (AvgIpc) is 2.94. The lowest BCUT2D eigenvalue weighted by atomic mass is 9.82. The molecule has 2 aliphatic heterocycles. The fourth-order valence-corrected chi connectivity index (χ4v) is 4.29. The molecule has 0 spiro atoms. The van der Waals surface area contributed by atoms with E-state index in [1.165, 1.54) is 25.7 Å². The Morgan fingerprint density at radius 1 is 1.05 bits per heavy atom. The molecule has 4 nitrogen and oxygen atoms in total. The number of piperazine rings is 1. The summed E-state index contributed by atoms with van der Waals surface area (Å²) in [6.07, 6.45) is 9.07. The van der Waals surface area contributed by atoms with Gasteiger partial charge in [0.15, 0.2) is 0 Å². The SMILES string of the molecule is CCCC1CCC(N2CC(=O)N3CCCC3C2=O)CC1. The van der Waals surface area contributed by atoms with E-state index in [0.29, 0.717) is 12.6 Å². The highest BCUT2D eigenvalue weighted by Crippen LogP contribution is 2.33. The van der Waals surface area contributed by atoms with Crippen LogP contribution in [0.15, 0.2) is 0 Å². The van der Waals surface area contributed by atoms with Crippen LogP contribution in [0.4, 0.5) is 0 Å². The second-order valence-electron chi connectivity index (χ2n) is 6.67. The van der Waals surface area contributed by atoms with Gasteiger partial charge in [-0.25, -0.2) is 0 Å². The van der Waals surface area contributed by atoms with Gasteiger partial charge in [-0.3, -0.25) is 9.59 Å². The van der Waals surface area contributed by atoms with Crippen LogP contribution in [0.1, 0.15) is 58.3 Å². The molecule has 1 unspecified atom stereocenters. The number of hydrogen-bond acceptors (Lipinski definition) is 2. The Morgan fingerprint density at radius 2 is 1.80 bits per heavy atom. The highest BCUT2D eigenvalue weighted by atomic mass is 16.2. The van der Waals surface area contributed by atoms with Crippen LogP contribution in [0.2, 0.25) is 0 Å². The van der Waals surface area contributed by atoms with Crippen molar-refractivity contribution in [3.05, 3.63) is 0 Å². The van der Waals surface area contributed by atoms with Gasteiger partial charge in [-0.2, -0.15) is 0 Å². The van der Waals surface area contributed by atoms with Gasteiger partial charge in [-0.05, 0) is 44.4 Å². The van der Waals surface area contributed by atoms with Gasteiger partial charge in [-0.1, -0.05) is 19.8 Å². The maximum Gasteiger partial charge on any atom is 0.246 e. The summed E-state index contributed by atoms with van der Waals surface area (Å²) in [5, 5.41) is 0. The first kappa shape index (κ1) is 13.9. The van der Waals surface area contributed by atoms with Crippen molar-refractivity contribution in [3.8, 4) is 0 Å². The number of fused-ring (bicyclic) bond motifs is 1. The second kappa shape index (κ2) is 5.74. The van der Waals surface area contributed by atoms with Crippen LogP contribution in [0.5, 0.6) is 0 Å². The quantitative estimate of drug-likeness (QED) is 0.794. The fourth-order valence-electron chi connectivity index (χ4n) is 4.29. The number of nitrogens with zero attached hydrogens (tertiary/aromatic N) is 2. The summed E-state index contributed by atoms with van der Waals surface area (Å²) in [5.41, 5.74) is 0. The summed E-state index contributed by atoms with van der Waals surface area (Å²) in [5.74, 6) is 1.23. The molecule has 0 N–H and O–H groups in total. The molecule has 0 aromatic carbocycles. The third-order valence-electron chi connectivity index (χ3n) is 5.40. The molecule has 0 bridgehead atoms. The Hall–Kier alpha value is -1.06. The molecule has 1 saturated carbocycles. The van der Waals surface area contributed by atoms with E-state index in [-0.39, 0.29) is 17.9 Å². The van der Waals surface area contributed by atoms with Crippen molar-refractivity contribution in [1.82, 2.24) is 9.80 Å². The summed E-state index contributed by atoms with van der Waals surface area (Å²) in [4.78, 5) is 28.5. The van der Waals surface area contributed by atoms with E-state index in [9.17, 15) is 9.59 Å². The van der Waals surface area contributed by atoms with Gasteiger partial charge < -0.3 is 9.80 Å². The van der Waals surface area contributed by atoms with E-state index in [1.807, 2.05) is 9.80 Å². The van der Waals surface area contributed by atoms with Crippen LogP contribution in [0.25, 0.3) is 0 Å². The smallest absolute Gasteiger partial charge is 0.246 e. The maximum absolute atomic E-state index is 12.6. The largest absolute Gasteiger partial charge is 0.329 e. The molecule has 3 rings (SSSR count). The molecular weight excluding hydrogens is 252 g/mol. The van der Waals surface area contributed by atoms with Crippen LogP contribution >= 0.6 is 0 Å². The first-order valence-electron chi connectivity index (χ1n) is 8.30. The molecule has 20 heavy (non-hydrogen) atoms. The number of rotatable bonds is 3. The standard InChI is InChI=1S/C16H26N2O2/c1-2-4-12-6-8-13(9-7-12)18-11-15(19)17-10-3-5-14(17)16(18)20/h12-14H,2-11H2,1H3. The van der Waals surface area contributed by atoms with Crippen LogP contribution in [0.3, 0.4) is 0 Å². The van der Waals surface area contributed by atoms with Gasteiger partial charge in [0.25, 0.3) is 0 Å². The molecule has 1 atom stereocenters. The topological polar surface area (TPSA) is 40.6 Å². The van der Waals surface area contributed by atoms with E-state index < -0.39 is 0 Å². The Balaban J connectivity index is 1.63. The summed E-state index contributed by atoms with van der Waals surface area (Å²) < 4.78 is 0. The molecule has 2 heterocycles. The zero-order chi connectivity index (χ0) is 14.1. The Kier molecular flexibility index (Phi) is 3.99. The zero-order valence-corrected chi connectivity index (χ0v) is 12.5. The van der Waals surface area contributed by atoms with Gasteiger partial charge >= 0.3 is 0 Å². The molecule has 3 aliphatic rings. The lowest BCUT2D eigenvalue weighted by Gasteiger charge is -2.43. The third-order valence-corrected chi connectivity index (χ3v) is 5.40. The van der Waals surface area contributed by atoms with Crippen LogP contribution in [-0.4, -0.2) is 46.8 Å². The van der Waals surface area contributed by atoms with E-state index in [2.05, 4.69) is 6.92 Å². The maximum atomic E-state index is 12.6. The highest BCUT2D eigenvalue weighted by molar-refractivity contribution is 5.95. The molecule has 0 aromatic rings. The zero-order valence-electron chi connectivity index (χ0n) is 12.5. The van der Waals surface area contributed by atoms with E-state index in [0.717, 1.165) is 38.1 Å². The van der Waals surface area contributed by atoms with Crippen molar-refractivity contribution < 1.29 is 9.59 Å².